The quantitative estimate of drug-likeness (QED) is 0.843. The number of nitrogens with zero attached hydrogens (tertiary/aromatic N) is 2. The first-order valence-corrected chi connectivity index (χ1v) is 6.22. The Labute approximate surface area is 102 Å². The first-order chi connectivity index (χ1) is 7.99. The fourth-order valence-electron chi connectivity index (χ4n) is 2.21. The Bertz CT molecular complexity index is 354. The molecule has 0 saturated heterocycles. The molecule has 0 aromatic carbocycles. The predicted molar refractivity (Wildman–Crippen MR) is 67.7 cm³/mol. The molecule has 1 aromatic heterocycles. The van der Waals surface area contributed by atoms with Gasteiger partial charge in [-0.3, -0.25) is 4.98 Å². The van der Waals surface area contributed by atoms with Gasteiger partial charge >= 0.3 is 0 Å². The van der Waals surface area contributed by atoms with E-state index in [2.05, 4.69) is 29.1 Å². The molecule has 0 bridgehead atoms. The van der Waals surface area contributed by atoms with Crippen molar-refractivity contribution >= 4 is 5.82 Å². The maximum Gasteiger partial charge on any atom is 0.144 e. The van der Waals surface area contributed by atoms with Crippen LogP contribution in [0.4, 0.5) is 5.82 Å². The summed E-state index contributed by atoms with van der Waals surface area (Å²) < 4.78 is 0. The average molecular weight is 235 g/mol. The molecule has 94 valence electrons. The van der Waals surface area contributed by atoms with Gasteiger partial charge in [-0.1, -0.05) is 13.8 Å². The van der Waals surface area contributed by atoms with Crippen molar-refractivity contribution in [1.29, 1.82) is 0 Å². The minimum absolute atomic E-state index is 0.374. The van der Waals surface area contributed by atoms with Gasteiger partial charge in [0.1, 0.15) is 5.82 Å². The summed E-state index contributed by atoms with van der Waals surface area (Å²) in [5.41, 5.74) is -0.216. The van der Waals surface area contributed by atoms with Crippen LogP contribution in [0.3, 0.4) is 0 Å². The summed E-state index contributed by atoms with van der Waals surface area (Å²) in [6, 6.07) is 0. The molecule has 1 fully saturated rings. The third kappa shape index (κ3) is 3.40. The predicted octanol–water partition coefficient (Wildman–Crippen LogP) is 2.22. The second-order valence-corrected chi connectivity index (χ2v) is 5.83. The highest BCUT2D eigenvalue weighted by Gasteiger charge is 2.36. The lowest BCUT2D eigenvalue weighted by Crippen LogP contribution is -2.42. The lowest BCUT2D eigenvalue weighted by molar-refractivity contribution is -0.0145. The summed E-state index contributed by atoms with van der Waals surface area (Å²) in [5.74, 6) is 0.728. The topological polar surface area (TPSA) is 58.0 Å². The molecule has 0 aliphatic heterocycles. The molecule has 0 atom stereocenters. The van der Waals surface area contributed by atoms with Gasteiger partial charge in [-0.2, -0.15) is 0 Å². The Kier molecular flexibility index (Phi) is 3.33. The lowest BCUT2D eigenvalue weighted by Gasteiger charge is -2.40. The largest absolute Gasteiger partial charge is 0.388 e. The highest BCUT2D eigenvalue weighted by molar-refractivity contribution is 5.30. The number of aliphatic hydroxyl groups is 1. The summed E-state index contributed by atoms with van der Waals surface area (Å²) in [6.07, 6.45) is 8.83. The van der Waals surface area contributed by atoms with Gasteiger partial charge in [0.15, 0.2) is 0 Å². The van der Waals surface area contributed by atoms with Crippen molar-refractivity contribution in [1.82, 2.24) is 9.97 Å². The zero-order valence-electron chi connectivity index (χ0n) is 10.6. The number of nitrogens with one attached hydrogen (secondary N) is 1. The molecule has 1 heterocycles. The average Bonchev–Trinajstić information content (AvgIpc) is 2.33. The molecule has 0 unspecified atom stereocenters. The van der Waals surface area contributed by atoms with Crippen molar-refractivity contribution in [2.45, 2.75) is 45.1 Å². The molecule has 4 nitrogen and oxygen atoms in total. The molecule has 2 N–H and O–H groups in total. The molecular formula is C13H21N3O. The highest BCUT2D eigenvalue weighted by Crippen LogP contribution is 2.40. The van der Waals surface area contributed by atoms with Gasteiger partial charge in [0.2, 0.25) is 0 Å². The van der Waals surface area contributed by atoms with E-state index in [-0.39, 0.29) is 0 Å². The van der Waals surface area contributed by atoms with E-state index in [1.165, 1.54) is 0 Å². The first kappa shape index (κ1) is 12.3. The summed E-state index contributed by atoms with van der Waals surface area (Å²) in [4.78, 5) is 8.13. The fraction of sp³-hybridized carbons (Fsp3) is 0.692. The standard InChI is InChI=1S/C13H21N3O/c1-12(2)3-5-13(17,6-4-12)10-16-11-9-14-7-8-15-11/h7-9,17H,3-6,10H2,1-2H3,(H,15,16). The van der Waals surface area contributed by atoms with Gasteiger partial charge in [-0.15, -0.1) is 0 Å². The Morgan fingerprint density at radius 3 is 2.53 bits per heavy atom. The molecule has 17 heavy (non-hydrogen) atoms. The van der Waals surface area contributed by atoms with Gasteiger partial charge in [-0.05, 0) is 31.1 Å². The Hall–Kier alpha value is -1.16. The normalized spacial score (nSPS) is 22.1. The van der Waals surface area contributed by atoms with Gasteiger partial charge in [0.05, 0.1) is 11.8 Å². The van der Waals surface area contributed by atoms with E-state index in [0.717, 1.165) is 31.5 Å². The molecular weight excluding hydrogens is 214 g/mol. The van der Waals surface area contributed by atoms with Crippen molar-refractivity contribution in [3.8, 4) is 0 Å². The molecule has 1 saturated carbocycles. The Morgan fingerprint density at radius 2 is 1.94 bits per heavy atom. The number of aromatic nitrogens is 2. The Morgan fingerprint density at radius 1 is 1.24 bits per heavy atom. The monoisotopic (exact) mass is 235 g/mol. The second-order valence-electron chi connectivity index (χ2n) is 5.83. The van der Waals surface area contributed by atoms with Crippen molar-refractivity contribution in [3.63, 3.8) is 0 Å². The number of hydrogen-bond acceptors (Lipinski definition) is 4. The highest BCUT2D eigenvalue weighted by atomic mass is 16.3. The van der Waals surface area contributed by atoms with E-state index in [1.807, 2.05) is 0 Å². The third-order valence-electron chi connectivity index (χ3n) is 3.70. The van der Waals surface area contributed by atoms with Crippen molar-refractivity contribution in [3.05, 3.63) is 18.6 Å². The summed E-state index contributed by atoms with van der Waals surface area (Å²) >= 11 is 0. The van der Waals surface area contributed by atoms with E-state index in [1.54, 1.807) is 18.6 Å². The van der Waals surface area contributed by atoms with Crippen molar-refractivity contribution in [2.24, 2.45) is 5.41 Å². The summed E-state index contributed by atoms with van der Waals surface area (Å²) in [7, 11) is 0. The van der Waals surface area contributed by atoms with Crippen LogP contribution in [-0.2, 0) is 0 Å². The van der Waals surface area contributed by atoms with E-state index >= 15 is 0 Å². The van der Waals surface area contributed by atoms with Crippen LogP contribution < -0.4 is 5.32 Å². The minimum atomic E-state index is -0.590. The van der Waals surface area contributed by atoms with Crippen LogP contribution in [0.15, 0.2) is 18.6 Å². The van der Waals surface area contributed by atoms with Crippen LogP contribution in [0.1, 0.15) is 39.5 Å². The smallest absolute Gasteiger partial charge is 0.144 e. The molecule has 1 aliphatic rings. The number of rotatable bonds is 3. The van der Waals surface area contributed by atoms with Crippen LogP contribution in [0.5, 0.6) is 0 Å². The van der Waals surface area contributed by atoms with Crippen LogP contribution in [0, 0.1) is 5.41 Å². The van der Waals surface area contributed by atoms with E-state index in [0.29, 0.717) is 12.0 Å². The van der Waals surface area contributed by atoms with E-state index < -0.39 is 5.60 Å². The van der Waals surface area contributed by atoms with Gasteiger partial charge in [0, 0.05) is 18.9 Å². The lowest BCUT2D eigenvalue weighted by atomic mass is 9.71. The maximum atomic E-state index is 10.5. The van der Waals surface area contributed by atoms with Crippen LogP contribution >= 0.6 is 0 Å². The summed E-state index contributed by atoms with van der Waals surface area (Å²) in [6.45, 7) is 5.09. The molecule has 0 amide bonds. The van der Waals surface area contributed by atoms with E-state index in [9.17, 15) is 5.11 Å². The molecule has 0 radical (unpaired) electrons. The van der Waals surface area contributed by atoms with Crippen molar-refractivity contribution in [2.75, 3.05) is 11.9 Å². The molecule has 2 rings (SSSR count). The van der Waals surface area contributed by atoms with Gasteiger partial charge < -0.3 is 10.4 Å². The Balaban J connectivity index is 1.87. The zero-order valence-corrected chi connectivity index (χ0v) is 10.6. The van der Waals surface area contributed by atoms with Crippen molar-refractivity contribution < 1.29 is 5.11 Å². The number of anilines is 1. The SMILES string of the molecule is CC1(C)CCC(O)(CNc2cnccn2)CC1. The second kappa shape index (κ2) is 4.61. The van der Waals surface area contributed by atoms with Crippen LogP contribution in [-0.4, -0.2) is 27.2 Å². The molecule has 4 heteroatoms. The van der Waals surface area contributed by atoms with Crippen LogP contribution in [0.2, 0.25) is 0 Å². The number of hydrogen-bond donors (Lipinski definition) is 2. The van der Waals surface area contributed by atoms with Gasteiger partial charge in [-0.25, -0.2) is 4.98 Å². The van der Waals surface area contributed by atoms with Crippen LogP contribution in [0.25, 0.3) is 0 Å². The fourth-order valence-corrected chi connectivity index (χ4v) is 2.21. The first-order valence-electron chi connectivity index (χ1n) is 6.22. The summed E-state index contributed by atoms with van der Waals surface area (Å²) in [5, 5.41) is 13.6. The third-order valence-corrected chi connectivity index (χ3v) is 3.70. The molecule has 1 aromatic rings. The zero-order chi connectivity index (χ0) is 12.4. The maximum absolute atomic E-state index is 10.5. The van der Waals surface area contributed by atoms with E-state index in [4.69, 9.17) is 0 Å². The van der Waals surface area contributed by atoms with Gasteiger partial charge in [0.25, 0.3) is 0 Å². The minimum Gasteiger partial charge on any atom is -0.388 e. The molecule has 0 spiro atoms. The molecule has 1 aliphatic carbocycles.